The molecule has 0 unspecified atom stereocenters. The molecule has 0 bridgehead atoms. The second kappa shape index (κ2) is 7.87. The average molecular weight is 419 g/mol. The standard InChI is InChI=1S/C19H20Cl2N6O/c20-15-8-13(27-19(23)25-18(22)26-27)9-16(21)17(15)11-3-5-14(6-4-11)28-10-12-2-1-7-24-12/h3-6,8-9,12,24H,1-2,7,10H2,(H4,22,23,25,26)/t12-/m1/s1. The molecule has 3 aromatic rings. The van der Waals surface area contributed by atoms with Crippen molar-refractivity contribution in [3.8, 4) is 22.6 Å². The minimum Gasteiger partial charge on any atom is -0.492 e. The van der Waals surface area contributed by atoms with Crippen molar-refractivity contribution in [1.82, 2.24) is 20.1 Å². The molecule has 1 aromatic heterocycles. The van der Waals surface area contributed by atoms with E-state index in [1.807, 2.05) is 24.3 Å². The fourth-order valence-corrected chi connectivity index (χ4v) is 4.00. The molecule has 1 fully saturated rings. The van der Waals surface area contributed by atoms with Crippen molar-refractivity contribution in [2.75, 3.05) is 24.6 Å². The lowest BCUT2D eigenvalue weighted by Crippen LogP contribution is -2.28. The zero-order valence-electron chi connectivity index (χ0n) is 15.0. The summed E-state index contributed by atoms with van der Waals surface area (Å²) in [4.78, 5) is 3.89. The van der Waals surface area contributed by atoms with Crippen molar-refractivity contribution in [1.29, 1.82) is 0 Å². The van der Waals surface area contributed by atoms with E-state index in [2.05, 4.69) is 15.4 Å². The normalized spacial score (nSPS) is 16.4. The molecule has 9 heteroatoms. The van der Waals surface area contributed by atoms with Crippen molar-refractivity contribution in [2.24, 2.45) is 0 Å². The quantitative estimate of drug-likeness (QED) is 0.585. The molecule has 0 amide bonds. The van der Waals surface area contributed by atoms with Crippen LogP contribution in [-0.4, -0.2) is 34.0 Å². The van der Waals surface area contributed by atoms with Crippen molar-refractivity contribution in [3.63, 3.8) is 0 Å². The molecule has 28 heavy (non-hydrogen) atoms. The fraction of sp³-hybridized carbons (Fsp3) is 0.263. The highest BCUT2D eigenvalue weighted by atomic mass is 35.5. The number of anilines is 2. The number of hydrogen-bond donors (Lipinski definition) is 3. The summed E-state index contributed by atoms with van der Waals surface area (Å²) < 4.78 is 7.25. The number of nitrogens with two attached hydrogens (primary N) is 2. The molecule has 2 heterocycles. The lowest BCUT2D eigenvalue weighted by atomic mass is 10.0. The van der Waals surface area contributed by atoms with Crippen LogP contribution in [0.15, 0.2) is 36.4 Å². The number of rotatable bonds is 5. The van der Waals surface area contributed by atoms with Crippen molar-refractivity contribution in [2.45, 2.75) is 18.9 Å². The van der Waals surface area contributed by atoms with E-state index in [0.717, 1.165) is 29.8 Å². The van der Waals surface area contributed by atoms with Crippen LogP contribution >= 0.6 is 23.2 Å². The van der Waals surface area contributed by atoms with Gasteiger partial charge in [-0.3, -0.25) is 0 Å². The van der Waals surface area contributed by atoms with Gasteiger partial charge in [0.15, 0.2) is 0 Å². The summed E-state index contributed by atoms with van der Waals surface area (Å²) in [5.74, 6) is 1.06. The highest BCUT2D eigenvalue weighted by Gasteiger charge is 2.16. The largest absolute Gasteiger partial charge is 0.492 e. The highest BCUT2D eigenvalue weighted by molar-refractivity contribution is 6.39. The summed E-state index contributed by atoms with van der Waals surface area (Å²) in [5, 5.41) is 8.41. The van der Waals surface area contributed by atoms with Crippen LogP contribution in [0.5, 0.6) is 5.75 Å². The van der Waals surface area contributed by atoms with Crippen LogP contribution < -0.4 is 21.5 Å². The van der Waals surface area contributed by atoms with E-state index in [0.29, 0.717) is 28.4 Å². The highest BCUT2D eigenvalue weighted by Crippen LogP contribution is 2.37. The zero-order valence-corrected chi connectivity index (χ0v) is 16.5. The second-order valence-corrected chi connectivity index (χ2v) is 7.47. The molecule has 0 radical (unpaired) electrons. The van der Waals surface area contributed by atoms with Crippen LogP contribution in [0.25, 0.3) is 16.8 Å². The van der Waals surface area contributed by atoms with Crippen LogP contribution in [0.2, 0.25) is 10.0 Å². The first-order valence-corrected chi connectivity index (χ1v) is 9.71. The first kappa shape index (κ1) is 18.9. The van der Waals surface area contributed by atoms with Gasteiger partial charge in [-0.05, 0) is 49.2 Å². The van der Waals surface area contributed by atoms with Gasteiger partial charge in [0.1, 0.15) is 12.4 Å². The van der Waals surface area contributed by atoms with Gasteiger partial charge in [-0.1, -0.05) is 35.3 Å². The van der Waals surface area contributed by atoms with Crippen LogP contribution in [0.3, 0.4) is 0 Å². The Hall–Kier alpha value is -2.48. The molecule has 1 saturated heterocycles. The van der Waals surface area contributed by atoms with Gasteiger partial charge < -0.3 is 21.5 Å². The number of nitrogens with zero attached hydrogens (tertiary/aromatic N) is 3. The molecular formula is C19H20Cl2N6O. The van der Waals surface area contributed by atoms with Gasteiger partial charge in [-0.15, -0.1) is 5.10 Å². The number of aromatic nitrogens is 3. The predicted octanol–water partition coefficient (Wildman–Crippen LogP) is 3.54. The van der Waals surface area contributed by atoms with Gasteiger partial charge in [0.05, 0.1) is 15.7 Å². The molecule has 2 aromatic carbocycles. The first-order valence-electron chi connectivity index (χ1n) is 8.95. The molecule has 1 aliphatic rings. The maximum absolute atomic E-state index is 6.51. The van der Waals surface area contributed by atoms with Gasteiger partial charge in [0, 0.05) is 11.6 Å². The summed E-state index contributed by atoms with van der Waals surface area (Å²) in [5.41, 5.74) is 13.6. The third-order valence-corrected chi connectivity index (χ3v) is 5.27. The number of halogens is 2. The molecule has 1 aliphatic heterocycles. The smallest absolute Gasteiger partial charge is 0.241 e. The third-order valence-electron chi connectivity index (χ3n) is 4.68. The van der Waals surface area contributed by atoms with E-state index in [1.165, 1.54) is 11.1 Å². The number of ether oxygens (including phenoxy) is 1. The number of hydrogen-bond acceptors (Lipinski definition) is 6. The minimum absolute atomic E-state index is 0.0808. The molecule has 7 nitrogen and oxygen atoms in total. The number of nitrogen functional groups attached to an aromatic ring is 2. The van der Waals surface area contributed by atoms with Gasteiger partial charge in [-0.25, -0.2) is 0 Å². The van der Waals surface area contributed by atoms with Gasteiger partial charge in [0.25, 0.3) is 0 Å². The first-order chi connectivity index (χ1) is 13.5. The van der Waals surface area contributed by atoms with E-state index in [9.17, 15) is 0 Å². The Bertz CT molecular complexity index is 960. The predicted molar refractivity (Wildman–Crippen MR) is 112 cm³/mol. The molecule has 4 rings (SSSR count). The fourth-order valence-electron chi connectivity index (χ4n) is 3.30. The van der Waals surface area contributed by atoms with E-state index in [1.54, 1.807) is 12.1 Å². The average Bonchev–Trinajstić information content (AvgIpc) is 3.29. The Kier molecular flexibility index (Phi) is 5.30. The lowest BCUT2D eigenvalue weighted by molar-refractivity contribution is 0.277. The Morgan fingerprint density at radius 2 is 1.86 bits per heavy atom. The van der Waals surface area contributed by atoms with E-state index in [4.69, 9.17) is 39.4 Å². The summed E-state index contributed by atoms with van der Waals surface area (Å²) in [7, 11) is 0. The molecule has 0 spiro atoms. The molecule has 146 valence electrons. The zero-order chi connectivity index (χ0) is 19.7. The maximum Gasteiger partial charge on any atom is 0.241 e. The second-order valence-electron chi connectivity index (χ2n) is 6.65. The van der Waals surface area contributed by atoms with Crippen LogP contribution in [0, 0.1) is 0 Å². The van der Waals surface area contributed by atoms with Gasteiger partial charge in [-0.2, -0.15) is 9.67 Å². The van der Waals surface area contributed by atoms with Crippen LogP contribution in [0.1, 0.15) is 12.8 Å². The van der Waals surface area contributed by atoms with Crippen molar-refractivity contribution < 1.29 is 4.74 Å². The summed E-state index contributed by atoms with van der Waals surface area (Å²) >= 11 is 13.0. The summed E-state index contributed by atoms with van der Waals surface area (Å²) in [6, 6.07) is 11.6. The monoisotopic (exact) mass is 418 g/mol. The molecular weight excluding hydrogens is 399 g/mol. The molecule has 0 aliphatic carbocycles. The van der Waals surface area contributed by atoms with E-state index in [-0.39, 0.29) is 11.9 Å². The Balaban J connectivity index is 1.56. The number of benzene rings is 2. The Morgan fingerprint density at radius 3 is 2.43 bits per heavy atom. The molecule has 5 N–H and O–H groups in total. The van der Waals surface area contributed by atoms with Crippen molar-refractivity contribution in [3.05, 3.63) is 46.4 Å². The van der Waals surface area contributed by atoms with Gasteiger partial charge in [0.2, 0.25) is 11.9 Å². The van der Waals surface area contributed by atoms with Crippen molar-refractivity contribution >= 4 is 35.1 Å². The Labute approximate surface area is 172 Å². The topological polar surface area (TPSA) is 104 Å². The van der Waals surface area contributed by atoms with Crippen LogP contribution in [0.4, 0.5) is 11.9 Å². The minimum atomic E-state index is 0.0808. The SMILES string of the molecule is Nc1nc(N)n(-c2cc(Cl)c(-c3ccc(OC[C@H]4CCCN4)cc3)c(Cl)c2)n1. The maximum atomic E-state index is 6.51. The molecule has 1 atom stereocenters. The lowest BCUT2D eigenvalue weighted by Gasteiger charge is -2.14. The van der Waals surface area contributed by atoms with Crippen LogP contribution in [-0.2, 0) is 0 Å². The Morgan fingerprint density at radius 1 is 1.14 bits per heavy atom. The van der Waals surface area contributed by atoms with E-state index < -0.39 is 0 Å². The van der Waals surface area contributed by atoms with Gasteiger partial charge >= 0.3 is 0 Å². The third kappa shape index (κ3) is 3.87. The summed E-state index contributed by atoms with van der Waals surface area (Å²) in [6.07, 6.45) is 2.35. The van der Waals surface area contributed by atoms with E-state index >= 15 is 0 Å². The molecule has 0 saturated carbocycles. The summed E-state index contributed by atoms with van der Waals surface area (Å²) in [6.45, 7) is 1.73. The number of nitrogens with one attached hydrogen (secondary N) is 1.